The molecule has 0 saturated carbocycles. The third kappa shape index (κ3) is 7.22. The second-order valence-corrected chi connectivity index (χ2v) is 6.83. The standard InChI is InChI=1S/C18H29BrN4O2/c1-3-20-18(21-9-11-25-13-12-24-2)22-16-8-10-23(14-16)17-6-4-15(19)5-7-17/h4-7,16H,3,8-14H2,1-2H3,(H2,20,21,22). The Morgan fingerprint density at radius 2 is 2.08 bits per heavy atom. The van der Waals surface area contributed by atoms with Gasteiger partial charge in [-0.05, 0) is 37.6 Å². The Morgan fingerprint density at radius 1 is 1.28 bits per heavy atom. The van der Waals surface area contributed by atoms with Crippen molar-refractivity contribution >= 4 is 27.6 Å². The number of nitrogens with zero attached hydrogens (tertiary/aromatic N) is 2. The van der Waals surface area contributed by atoms with Crippen molar-refractivity contribution < 1.29 is 9.47 Å². The van der Waals surface area contributed by atoms with Crippen LogP contribution in [-0.4, -0.2) is 65.1 Å². The molecule has 7 heteroatoms. The van der Waals surface area contributed by atoms with Gasteiger partial charge in [0, 0.05) is 42.9 Å². The van der Waals surface area contributed by atoms with Gasteiger partial charge in [-0.1, -0.05) is 15.9 Å². The van der Waals surface area contributed by atoms with Gasteiger partial charge < -0.3 is 25.0 Å². The maximum atomic E-state index is 5.46. The van der Waals surface area contributed by atoms with Crippen LogP contribution in [-0.2, 0) is 9.47 Å². The normalized spacial score (nSPS) is 17.8. The van der Waals surface area contributed by atoms with Crippen molar-refractivity contribution in [2.75, 3.05) is 58.0 Å². The van der Waals surface area contributed by atoms with Gasteiger partial charge in [-0.25, -0.2) is 0 Å². The number of hydrogen-bond donors (Lipinski definition) is 2. The van der Waals surface area contributed by atoms with Crippen molar-refractivity contribution in [1.82, 2.24) is 10.6 Å². The molecular weight excluding hydrogens is 384 g/mol. The second-order valence-electron chi connectivity index (χ2n) is 5.92. The zero-order chi connectivity index (χ0) is 17.9. The lowest BCUT2D eigenvalue weighted by Crippen LogP contribution is -2.44. The van der Waals surface area contributed by atoms with E-state index in [1.54, 1.807) is 7.11 Å². The molecule has 0 radical (unpaired) electrons. The van der Waals surface area contributed by atoms with Crippen molar-refractivity contribution in [1.29, 1.82) is 0 Å². The van der Waals surface area contributed by atoms with Gasteiger partial charge >= 0.3 is 0 Å². The SMILES string of the molecule is CCNC(=NCCOCCOC)NC1CCN(c2ccc(Br)cc2)C1. The minimum Gasteiger partial charge on any atom is -0.382 e. The molecule has 1 aliphatic heterocycles. The summed E-state index contributed by atoms with van der Waals surface area (Å²) in [6, 6.07) is 8.89. The Morgan fingerprint density at radius 3 is 2.80 bits per heavy atom. The highest BCUT2D eigenvalue weighted by Crippen LogP contribution is 2.22. The van der Waals surface area contributed by atoms with Crippen LogP contribution in [0.5, 0.6) is 0 Å². The van der Waals surface area contributed by atoms with Crippen LogP contribution in [0.15, 0.2) is 33.7 Å². The number of anilines is 1. The number of nitrogens with one attached hydrogen (secondary N) is 2. The molecule has 2 N–H and O–H groups in total. The number of benzene rings is 1. The number of rotatable bonds is 9. The molecule has 1 aromatic rings. The summed E-state index contributed by atoms with van der Waals surface area (Å²) < 4.78 is 11.5. The lowest BCUT2D eigenvalue weighted by molar-refractivity contribution is 0.0748. The van der Waals surface area contributed by atoms with Gasteiger partial charge in [-0.15, -0.1) is 0 Å². The van der Waals surface area contributed by atoms with E-state index < -0.39 is 0 Å². The molecule has 1 unspecified atom stereocenters. The van der Waals surface area contributed by atoms with E-state index >= 15 is 0 Å². The molecule has 1 aliphatic rings. The predicted octanol–water partition coefficient (Wildman–Crippen LogP) is 2.25. The average molecular weight is 413 g/mol. The van der Waals surface area contributed by atoms with Crippen LogP contribution in [0.4, 0.5) is 5.69 Å². The summed E-state index contributed by atoms with van der Waals surface area (Å²) in [5.74, 6) is 0.862. The molecular formula is C18H29BrN4O2. The van der Waals surface area contributed by atoms with Crippen molar-refractivity contribution in [3.63, 3.8) is 0 Å². The van der Waals surface area contributed by atoms with Crippen LogP contribution in [0.3, 0.4) is 0 Å². The number of aliphatic imine (C=N–C) groups is 1. The zero-order valence-electron chi connectivity index (χ0n) is 15.1. The average Bonchev–Trinajstić information content (AvgIpc) is 3.07. The van der Waals surface area contributed by atoms with E-state index in [4.69, 9.17) is 9.47 Å². The molecule has 1 fully saturated rings. The number of methoxy groups -OCH3 is 1. The molecule has 0 aliphatic carbocycles. The van der Waals surface area contributed by atoms with Crippen LogP contribution in [0.1, 0.15) is 13.3 Å². The van der Waals surface area contributed by atoms with Gasteiger partial charge in [0.25, 0.3) is 0 Å². The monoisotopic (exact) mass is 412 g/mol. The molecule has 140 valence electrons. The molecule has 1 atom stereocenters. The summed E-state index contributed by atoms with van der Waals surface area (Å²) in [4.78, 5) is 6.99. The fourth-order valence-corrected chi connectivity index (χ4v) is 3.01. The highest BCUT2D eigenvalue weighted by atomic mass is 79.9. The predicted molar refractivity (Wildman–Crippen MR) is 107 cm³/mol. The first kappa shape index (κ1) is 20.0. The molecule has 0 amide bonds. The third-order valence-electron chi connectivity index (χ3n) is 4.00. The van der Waals surface area contributed by atoms with E-state index in [1.807, 2.05) is 0 Å². The van der Waals surface area contributed by atoms with Crippen LogP contribution in [0, 0.1) is 0 Å². The summed E-state index contributed by atoms with van der Waals surface area (Å²) in [5, 5.41) is 6.85. The van der Waals surface area contributed by atoms with Crippen molar-refractivity contribution in [3.8, 4) is 0 Å². The largest absolute Gasteiger partial charge is 0.382 e. The minimum absolute atomic E-state index is 0.399. The summed E-state index contributed by atoms with van der Waals surface area (Å²) in [6.45, 7) is 7.44. The summed E-state index contributed by atoms with van der Waals surface area (Å²) in [6.07, 6.45) is 1.10. The Kier molecular flexibility index (Phi) is 9.07. The molecule has 6 nitrogen and oxygen atoms in total. The van der Waals surface area contributed by atoms with Gasteiger partial charge in [-0.3, -0.25) is 4.99 Å². The van der Waals surface area contributed by atoms with Crippen LogP contribution >= 0.6 is 15.9 Å². The Balaban J connectivity index is 1.78. The van der Waals surface area contributed by atoms with Crippen LogP contribution in [0.25, 0.3) is 0 Å². The Labute approximate surface area is 159 Å². The highest BCUT2D eigenvalue weighted by molar-refractivity contribution is 9.10. The first-order chi connectivity index (χ1) is 12.2. The molecule has 0 spiro atoms. The smallest absolute Gasteiger partial charge is 0.191 e. The lowest BCUT2D eigenvalue weighted by Gasteiger charge is -2.20. The number of halogens is 1. The van der Waals surface area contributed by atoms with E-state index in [0.717, 1.165) is 36.5 Å². The third-order valence-corrected chi connectivity index (χ3v) is 4.53. The zero-order valence-corrected chi connectivity index (χ0v) is 16.7. The van der Waals surface area contributed by atoms with E-state index in [1.165, 1.54) is 5.69 Å². The van der Waals surface area contributed by atoms with Crippen LogP contribution < -0.4 is 15.5 Å². The van der Waals surface area contributed by atoms with E-state index in [0.29, 0.717) is 32.4 Å². The van der Waals surface area contributed by atoms with E-state index in [9.17, 15) is 0 Å². The molecule has 0 bridgehead atoms. The second kappa shape index (κ2) is 11.3. The minimum atomic E-state index is 0.399. The molecule has 1 heterocycles. The fraction of sp³-hybridized carbons (Fsp3) is 0.611. The van der Waals surface area contributed by atoms with Gasteiger partial charge in [0.2, 0.25) is 0 Å². The van der Waals surface area contributed by atoms with Crippen LogP contribution in [0.2, 0.25) is 0 Å². The summed E-state index contributed by atoms with van der Waals surface area (Å²) in [7, 11) is 1.67. The van der Waals surface area contributed by atoms with Gasteiger partial charge in [0.1, 0.15) is 0 Å². The highest BCUT2D eigenvalue weighted by Gasteiger charge is 2.23. The summed E-state index contributed by atoms with van der Waals surface area (Å²) >= 11 is 3.49. The fourth-order valence-electron chi connectivity index (χ4n) is 2.74. The first-order valence-corrected chi connectivity index (χ1v) is 9.64. The molecule has 0 aromatic heterocycles. The van der Waals surface area contributed by atoms with Gasteiger partial charge in [-0.2, -0.15) is 0 Å². The first-order valence-electron chi connectivity index (χ1n) is 8.85. The van der Waals surface area contributed by atoms with Crippen molar-refractivity contribution in [2.45, 2.75) is 19.4 Å². The Bertz CT molecular complexity index is 524. The number of ether oxygens (including phenoxy) is 2. The maximum Gasteiger partial charge on any atom is 0.191 e. The maximum absolute atomic E-state index is 5.46. The van der Waals surface area contributed by atoms with Gasteiger partial charge in [0.15, 0.2) is 5.96 Å². The summed E-state index contributed by atoms with van der Waals surface area (Å²) in [5.41, 5.74) is 1.26. The quantitative estimate of drug-likeness (QED) is 0.370. The van der Waals surface area contributed by atoms with E-state index in [2.05, 4.69) is 67.6 Å². The van der Waals surface area contributed by atoms with Crippen molar-refractivity contribution in [3.05, 3.63) is 28.7 Å². The topological polar surface area (TPSA) is 58.1 Å². The van der Waals surface area contributed by atoms with Gasteiger partial charge in [0.05, 0.1) is 26.4 Å². The molecule has 1 saturated heterocycles. The Hall–Kier alpha value is -1.31. The molecule has 1 aromatic carbocycles. The number of guanidine groups is 1. The van der Waals surface area contributed by atoms with Crippen molar-refractivity contribution in [2.24, 2.45) is 4.99 Å². The molecule has 2 rings (SSSR count). The molecule has 25 heavy (non-hydrogen) atoms. The number of hydrogen-bond acceptors (Lipinski definition) is 4. The van der Waals surface area contributed by atoms with E-state index in [-0.39, 0.29) is 0 Å². The lowest BCUT2D eigenvalue weighted by atomic mass is 10.3.